The maximum absolute atomic E-state index is 12.0. The van der Waals surface area contributed by atoms with Crippen molar-refractivity contribution in [3.63, 3.8) is 0 Å². The molecule has 1 saturated heterocycles. The summed E-state index contributed by atoms with van der Waals surface area (Å²) in [5.74, 6) is -2.20. The van der Waals surface area contributed by atoms with Crippen LogP contribution in [-0.4, -0.2) is 45.5 Å². The van der Waals surface area contributed by atoms with Crippen molar-refractivity contribution in [2.45, 2.75) is 13.0 Å². The molecule has 0 spiro atoms. The Morgan fingerprint density at radius 2 is 1.95 bits per heavy atom. The Morgan fingerprint density at radius 1 is 1.30 bits per heavy atom. The molecule has 2 N–H and O–H groups in total. The zero-order chi connectivity index (χ0) is 14.7. The summed E-state index contributed by atoms with van der Waals surface area (Å²) >= 11 is 1.32. The second kappa shape index (κ2) is 5.96. The van der Waals surface area contributed by atoms with Crippen LogP contribution in [-0.2, 0) is 14.4 Å². The van der Waals surface area contributed by atoms with E-state index in [2.05, 4.69) is 5.32 Å². The molecule has 6 nitrogen and oxygen atoms in total. The standard InChI is InChI=1S/C13H14N2O4S/c1-8-2-4-9(5-3-8)14-11(16)12(17)15-7-20-6-10(15)13(18)19/h2-5,10H,6-7H2,1H3,(H,14,16)(H,18,19). The van der Waals surface area contributed by atoms with Crippen molar-refractivity contribution in [2.75, 3.05) is 16.9 Å². The van der Waals surface area contributed by atoms with E-state index in [9.17, 15) is 14.4 Å². The largest absolute Gasteiger partial charge is 0.480 e. The molecule has 2 amide bonds. The van der Waals surface area contributed by atoms with Crippen LogP contribution in [0.3, 0.4) is 0 Å². The number of hydrogen-bond acceptors (Lipinski definition) is 4. The van der Waals surface area contributed by atoms with Crippen LogP contribution in [0.5, 0.6) is 0 Å². The van der Waals surface area contributed by atoms with E-state index < -0.39 is 23.8 Å². The lowest BCUT2D eigenvalue weighted by Crippen LogP contribution is -2.46. The average Bonchev–Trinajstić information content (AvgIpc) is 2.90. The van der Waals surface area contributed by atoms with Gasteiger partial charge in [0.05, 0.1) is 5.88 Å². The predicted octanol–water partition coefficient (Wildman–Crippen LogP) is 0.920. The fourth-order valence-corrected chi connectivity index (χ4v) is 2.94. The SMILES string of the molecule is Cc1ccc(NC(=O)C(=O)N2CSCC2C(=O)O)cc1. The van der Waals surface area contributed by atoms with Gasteiger partial charge in [-0.15, -0.1) is 11.8 Å². The fraction of sp³-hybridized carbons (Fsp3) is 0.308. The Labute approximate surface area is 120 Å². The van der Waals surface area contributed by atoms with Gasteiger partial charge >= 0.3 is 17.8 Å². The molecule has 0 aromatic heterocycles. The van der Waals surface area contributed by atoms with Crippen molar-refractivity contribution in [1.29, 1.82) is 0 Å². The van der Waals surface area contributed by atoms with Gasteiger partial charge in [-0.3, -0.25) is 9.59 Å². The van der Waals surface area contributed by atoms with Gasteiger partial charge in [-0.25, -0.2) is 4.79 Å². The molecule has 0 saturated carbocycles. The molecule has 2 rings (SSSR count). The van der Waals surface area contributed by atoms with E-state index in [1.54, 1.807) is 12.1 Å². The third-order valence-electron chi connectivity index (χ3n) is 2.93. The van der Waals surface area contributed by atoms with Gasteiger partial charge in [0.1, 0.15) is 6.04 Å². The van der Waals surface area contributed by atoms with Gasteiger partial charge < -0.3 is 15.3 Å². The van der Waals surface area contributed by atoms with Crippen molar-refractivity contribution >= 4 is 35.2 Å². The van der Waals surface area contributed by atoms with Crippen LogP contribution >= 0.6 is 11.8 Å². The zero-order valence-electron chi connectivity index (χ0n) is 10.8. The lowest BCUT2D eigenvalue weighted by atomic mass is 10.2. The summed E-state index contributed by atoms with van der Waals surface area (Å²) < 4.78 is 0. The lowest BCUT2D eigenvalue weighted by Gasteiger charge is -2.19. The Balaban J connectivity index is 2.03. The molecule has 1 heterocycles. The van der Waals surface area contributed by atoms with E-state index in [-0.39, 0.29) is 5.88 Å². The highest BCUT2D eigenvalue weighted by Crippen LogP contribution is 2.21. The van der Waals surface area contributed by atoms with Crippen LogP contribution in [0, 0.1) is 6.92 Å². The first kappa shape index (κ1) is 14.4. The molecule has 20 heavy (non-hydrogen) atoms. The lowest BCUT2D eigenvalue weighted by molar-refractivity contribution is -0.150. The quantitative estimate of drug-likeness (QED) is 0.792. The van der Waals surface area contributed by atoms with Crippen molar-refractivity contribution in [3.8, 4) is 0 Å². The maximum atomic E-state index is 12.0. The molecule has 1 aromatic rings. The highest BCUT2D eigenvalue weighted by Gasteiger charge is 2.37. The average molecular weight is 294 g/mol. The first-order valence-electron chi connectivity index (χ1n) is 5.98. The number of carbonyl (C=O) groups excluding carboxylic acids is 2. The van der Waals surface area contributed by atoms with E-state index in [4.69, 9.17) is 5.11 Å². The Bertz CT molecular complexity index is 544. The second-order valence-corrected chi connectivity index (χ2v) is 5.45. The second-order valence-electron chi connectivity index (χ2n) is 4.45. The Morgan fingerprint density at radius 3 is 2.55 bits per heavy atom. The highest BCUT2D eigenvalue weighted by atomic mass is 32.2. The van der Waals surface area contributed by atoms with Crippen molar-refractivity contribution < 1.29 is 19.5 Å². The summed E-state index contributed by atoms with van der Waals surface area (Å²) in [5.41, 5.74) is 1.55. The molecule has 1 fully saturated rings. The summed E-state index contributed by atoms with van der Waals surface area (Å²) in [5, 5.41) is 11.5. The van der Waals surface area contributed by atoms with Gasteiger partial charge in [0, 0.05) is 11.4 Å². The van der Waals surface area contributed by atoms with Crippen molar-refractivity contribution in [3.05, 3.63) is 29.8 Å². The number of carboxylic acids is 1. The molecular formula is C13H14N2O4S. The summed E-state index contributed by atoms with van der Waals surface area (Å²) in [4.78, 5) is 35.9. The van der Waals surface area contributed by atoms with Gasteiger partial charge in [-0.1, -0.05) is 17.7 Å². The third-order valence-corrected chi connectivity index (χ3v) is 3.94. The molecule has 1 atom stereocenters. The van der Waals surface area contributed by atoms with Gasteiger partial charge in [0.25, 0.3) is 0 Å². The van der Waals surface area contributed by atoms with Gasteiger partial charge in [0.15, 0.2) is 0 Å². The molecule has 0 bridgehead atoms. The van der Waals surface area contributed by atoms with E-state index in [0.717, 1.165) is 10.5 Å². The number of anilines is 1. The number of thioether (sulfide) groups is 1. The number of nitrogens with one attached hydrogen (secondary N) is 1. The number of carboxylic acid groups (broad SMARTS) is 1. The molecule has 7 heteroatoms. The fourth-order valence-electron chi connectivity index (χ4n) is 1.80. The van der Waals surface area contributed by atoms with E-state index in [1.165, 1.54) is 11.8 Å². The number of benzene rings is 1. The van der Waals surface area contributed by atoms with E-state index in [0.29, 0.717) is 11.4 Å². The summed E-state index contributed by atoms with van der Waals surface area (Å²) in [6, 6.07) is 6.07. The van der Waals surface area contributed by atoms with Crippen LogP contribution in [0.4, 0.5) is 5.69 Å². The summed E-state index contributed by atoms with van der Waals surface area (Å²) in [7, 11) is 0. The van der Waals surface area contributed by atoms with Crippen LogP contribution in [0.25, 0.3) is 0 Å². The zero-order valence-corrected chi connectivity index (χ0v) is 11.6. The topological polar surface area (TPSA) is 86.7 Å². The van der Waals surface area contributed by atoms with E-state index in [1.807, 2.05) is 19.1 Å². The minimum Gasteiger partial charge on any atom is -0.480 e. The normalized spacial score (nSPS) is 17.9. The number of aliphatic carboxylic acids is 1. The molecule has 0 radical (unpaired) electrons. The van der Waals surface area contributed by atoms with Crippen LogP contribution in [0.15, 0.2) is 24.3 Å². The maximum Gasteiger partial charge on any atom is 0.327 e. The number of nitrogens with zero attached hydrogens (tertiary/aromatic N) is 1. The number of carbonyl (C=O) groups is 3. The third kappa shape index (κ3) is 3.11. The smallest absolute Gasteiger partial charge is 0.327 e. The Kier molecular flexibility index (Phi) is 4.29. The van der Waals surface area contributed by atoms with Crippen LogP contribution < -0.4 is 5.32 Å². The first-order valence-corrected chi connectivity index (χ1v) is 7.13. The summed E-state index contributed by atoms with van der Waals surface area (Å²) in [6.07, 6.45) is 0. The number of rotatable bonds is 2. The molecular weight excluding hydrogens is 280 g/mol. The Hall–Kier alpha value is -2.02. The number of hydrogen-bond donors (Lipinski definition) is 2. The van der Waals surface area contributed by atoms with Gasteiger partial charge in [-0.05, 0) is 19.1 Å². The molecule has 1 aliphatic heterocycles. The van der Waals surface area contributed by atoms with Crippen molar-refractivity contribution in [2.24, 2.45) is 0 Å². The van der Waals surface area contributed by atoms with Gasteiger partial charge in [0.2, 0.25) is 0 Å². The van der Waals surface area contributed by atoms with Gasteiger partial charge in [-0.2, -0.15) is 0 Å². The van der Waals surface area contributed by atoms with E-state index >= 15 is 0 Å². The van der Waals surface area contributed by atoms with Crippen LogP contribution in [0.2, 0.25) is 0 Å². The molecule has 1 aromatic carbocycles. The molecule has 1 unspecified atom stereocenters. The molecule has 0 aliphatic carbocycles. The molecule has 1 aliphatic rings. The number of aryl methyl sites for hydroxylation is 1. The minimum atomic E-state index is -1.09. The highest BCUT2D eigenvalue weighted by molar-refractivity contribution is 7.99. The minimum absolute atomic E-state index is 0.219. The van der Waals surface area contributed by atoms with Crippen LogP contribution in [0.1, 0.15) is 5.56 Å². The summed E-state index contributed by atoms with van der Waals surface area (Å²) in [6.45, 7) is 1.91. The van der Waals surface area contributed by atoms with Crippen molar-refractivity contribution in [1.82, 2.24) is 4.90 Å². The first-order chi connectivity index (χ1) is 9.49. The predicted molar refractivity (Wildman–Crippen MR) is 75.4 cm³/mol. The monoisotopic (exact) mass is 294 g/mol. The molecule has 106 valence electrons. The number of amides is 2.